The Kier molecular flexibility index (Phi) is 26.5. The maximum Gasteiger partial charge on any atom is 0.338 e. The van der Waals surface area contributed by atoms with Gasteiger partial charge in [-0.1, -0.05) is 50.2 Å². The number of aromatic nitrogens is 2. The topological polar surface area (TPSA) is 157 Å². The number of nitrogens with one attached hydrogen (secondary N) is 1. The molecule has 18 heteroatoms. The number of halogens is 2. The van der Waals surface area contributed by atoms with Crippen LogP contribution in [0.3, 0.4) is 0 Å². The number of phenols is 1. The van der Waals surface area contributed by atoms with Crippen LogP contribution >= 0.6 is 45.9 Å². The zero-order valence-corrected chi connectivity index (χ0v) is 39.2. The smallest absolute Gasteiger partial charge is 0.338 e. The van der Waals surface area contributed by atoms with Gasteiger partial charge in [0.15, 0.2) is 23.0 Å². The van der Waals surface area contributed by atoms with Crippen molar-refractivity contribution in [2.45, 2.75) is 41.8 Å². The number of phenolic OH excluding ortho intramolecular Hbond substituents is 1. The molecule has 0 aliphatic carbocycles. The molecular formula is C48H60Cl2N6O8S2. The van der Waals surface area contributed by atoms with Gasteiger partial charge in [-0.25, -0.2) is 19.6 Å². The highest BCUT2D eigenvalue weighted by Gasteiger charge is 2.14. The summed E-state index contributed by atoms with van der Waals surface area (Å²) in [5.41, 5.74) is 0.783. The summed E-state index contributed by atoms with van der Waals surface area (Å²) in [6, 6.07) is 28.9. The van der Waals surface area contributed by atoms with Gasteiger partial charge in [-0.15, -0.1) is 22.7 Å². The van der Waals surface area contributed by atoms with Crippen LogP contribution in [0, 0.1) is 0 Å². The first-order valence-electron chi connectivity index (χ1n) is 20.0. The van der Waals surface area contributed by atoms with Gasteiger partial charge >= 0.3 is 11.9 Å². The maximum atomic E-state index is 11.9. The van der Waals surface area contributed by atoms with Crippen molar-refractivity contribution >= 4 is 76.2 Å². The van der Waals surface area contributed by atoms with E-state index in [4.69, 9.17) is 46.9 Å². The fourth-order valence-corrected chi connectivity index (χ4v) is 7.84. The van der Waals surface area contributed by atoms with Crippen molar-refractivity contribution in [3.63, 3.8) is 0 Å². The SMILES string of the molecule is C.C.C=NCCN(Cc1ccc(Cl)s1)c1ccccn1.CCOC(=O)c1ccc(O)c(OC)c1.CCOC(=O)c1ccc(OCNCCN(Cc2ccc(Cl)s2)c2ccccn2)c(OC)c1. The average Bonchev–Trinajstić information content (AvgIpc) is 3.94. The Morgan fingerprint density at radius 2 is 1.23 bits per heavy atom. The van der Waals surface area contributed by atoms with E-state index >= 15 is 0 Å². The van der Waals surface area contributed by atoms with E-state index in [0.717, 1.165) is 46.5 Å². The van der Waals surface area contributed by atoms with Crippen LogP contribution in [0.4, 0.5) is 11.6 Å². The molecular weight excluding hydrogens is 924 g/mol. The van der Waals surface area contributed by atoms with Gasteiger partial charge in [0.1, 0.15) is 18.4 Å². The first-order valence-corrected chi connectivity index (χ1v) is 22.4. The predicted molar refractivity (Wildman–Crippen MR) is 270 cm³/mol. The molecule has 2 aromatic carbocycles. The maximum absolute atomic E-state index is 11.9. The summed E-state index contributed by atoms with van der Waals surface area (Å²) in [5.74, 6) is 2.31. The molecule has 356 valence electrons. The lowest BCUT2D eigenvalue weighted by atomic mass is 10.2. The van der Waals surface area contributed by atoms with Crippen LogP contribution in [0.15, 0.2) is 114 Å². The van der Waals surface area contributed by atoms with Gasteiger partial charge in [0.2, 0.25) is 0 Å². The van der Waals surface area contributed by atoms with Crippen LogP contribution in [-0.2, 0) is 22.6 Å². The van der Waals surface area contributed by atoms with Crippen LogP contribution in [0.1, 0.15) is 59.2 Å². The van der Waals surface area contributed by atoms with Crippen molar-refractivity contribution in [2.24, 2.45) is 4.99 Å². The molecule has 0 aliphatic rings. The van der Waals surface area contributed by atoms with Crippen LogP contribution in [0.25, 0.3) is 0 Å². The van der Waals surface area contributed by atoms with E-state index in [9.17, 15) is 14.7 Å². The number of nitrogens with zero attached hydrogens (tertiary/aromatic N) is 5. The summed E-state index contributed by atoms with van der Waals surface area (Å²) >= 11 is 15.2. The van der Waals surface area contributed by atoms with Crippen molar-refractivity contribution in [3.8, 4) is 23.0 Å². The van der Waals surface area contributed by atoms with Crippen molar-refractivity contribution < 1.29 is 38.4 Å². The normalized spacial score (nSPS) is 9.97. The Bertz CT molecular complexity index is 2320. The van der Waals surface area contributed by atoms with Crippen LogP contribution < -0.4 is 29.3 Å². The van der Waals surface area contributed by atoms with E-state index in [1.807, 2.05) is 60.7 Å². The summed E-state index contributed by atoms with van der Waals surface area (Å²) in [4.78, 5) is 42.6. The zero-order chi connectivity index (χ0) is 46.1. The third kappa shape index (κ3) is 18.9. The lowest BCUT2D eigenvalue weighted by Crippen LogP contribution is -2.33. The lowest BCUT2D eigenvalue weighted by Gasteiger charge is -2.23. The standard InChI is InChI=1S/C23H26ClN3O4S.C13H14ClN3S.C10H12O4.2CH4/c1-3-30-23(28)17-7-9-19(20(14-17)29-2)31-16-25-12-13-27(22-6-4-5-11-26-22)15-18-8-10-21(24)32-18;1-15-8-9-17(13-4-2-3-7-16-13)10-11-5-6-12(14)18-11;1-3-14-10(12)7-4-5-8(11)9(6-7)13-2;;/h4-11,14,25H,3,12-13,15-16H2,1-2H3;2-7H,1,8-10H2;4-6,11H,3H2,1-2H3;2*1H4. The molecule has 0 aliphatic heterocycles. The summed E-state index contributed by atoms with van der Waals surface area (Å²) in [6.45, 7) is 12.4. The zero-order valence-electron chi connectivity index (χ0n) is 36.1. The quantitative estimate of drug-likeness (QED) is 0.0304. The van der Waals surface area contributed by atoms with Gasteiger partial charge in [-0.2, -0.15) is 0 Å². The number of carbonyl (C=O) groups is 2. The van der Waals surface area contributed by atoms with E-state index in [1.54, 1.807) is 67.1 Å². The Hall–Kier alpha value is -5.91. The van der Waals surface area contributed by atoms with Gasteiger partial charge in [0.25, 0.3) is 0 Å². The molecule has 0 bridgehead atoms. The summed E-state index contributed by atoms with van der Waals surface area (Å²) in [6.07, 6.45) is 3.58. The predicted octanol–water partition coefficient (Wildman–Crippen LogP) is 11.0. The van der Waals surface area contributed by atoms with Crippen molar-refractivity contribution in [3.05, 3.63) is 139 Å². The number of aromatic hydroxyl groups is 1. The van der Waals surface area contributed by atoms with Crippen LogP contribution in [-0.4, -0.2) is 94.1 Å². The van der Waals surface area contributed by atoms with Gasteiger partial charge in [-0.05, 0) is 105 Å². The molecule has 0 saturated heterocycles. The molecule has 14 nitrogen and oxygen atoms in total. The number of hydrogen-bond donors (Lipinski definition) is 2. The molecule has 66 heavy (non-hydrogen) atoms. The Morgan fingerprint density at radius 1 is 0.712 bits per heavy atom. The van der Waals surface area contributed by atoms with Crippen molar-refractivity contribution in [2.75, 3.05) is 70.1 Å². The van der Waals surface area contributed by atoms with E-state index in [2.05, 4.69) is 36.8 Å². The Balaban J connectivity index is 0.000000372. The number of thiophene rings is 2. The molecule has 2 N–H and O–H groups in total. The molecule has 6 rings (SSSR count). The highest BCUT2D eigenvalue weighted by atomic mass is 35.5. The Labute approximate surface area is 406 Å². The third-order valence-corrected chi connectivity index (χ3v) is 11.1. The number of esters is 2. The number of aliphatic imine (C=N–C) groups is 1. The number of benzene rings is 2. The first kappa shape index (κ1) is 56.2. The van der Waals surface area contributed by atoms with Gasteiger partial charge in [0, 0.05) is 41.8 Å². The van der Waals surface area contributed by atoms with Crippen molar-refractivity contribution in [1.82, 2.24) is 15.3 Å². The van der Waals surface area contributed by atoms with E-state index in [0.29, 0.717) is 48.9 Å². The van der Waals surface area contributed by atoms with Gasteiger partial charge < -0.3 is 38.6 Å². The fraction of sp³-hybridized carbons (Fsp3) is 0.312. The van der Waals surface area contributed by atoms with Crippen LogP contribution in [0.5, 0.6) is 23.0 Å². The van der Waals surface area contributed by atoms with E-state index in [-0.39, 0.29) is 33.1 Å². The number of pyridine rings is 2. The molecule has 0 atom stereocenters. The van der Waals surface area contributed by atoms with E-state index in [1.165, 1.54) is 42.2 Å². The largest absolute Gasteiger partial charge is 0.504 e. The monoisotopic (exact) mass is 982 g/mol. The molecule has 4 aromatic heterocycles. The molecule has 4 heterocycles. The summed E-state index contributed by atoms with van der Waals surface area (Å²) < 4.78 is 27.4. The van der Waals surface area contributed by atoms with Crippen LogP contribution in [0.2, 0.25) is 8.67 Å². The molecule has 0 amide bonds. The number of methoxy groups -OCH3 is 2. The molecule has 6 aromatic rings. The summed E-state index contributed by atoms with van der Waals surface area (Å²) in [7, 11) is 2.95. The average molecular weight is 984 g/mol. The minimum Gasteiger partial charge on any atom is -0.504 e. The second-order valence-corrected chi connectivity index (χ2v) is 16.7. The highest BCUT2D eigenvalue weighted by molar-refractivity contribution is 7.16. The molecule has 0 saturated carbocycles. The molecule has 0 spiro atoms. The minimum absolute atomic E-state index is 0. The highest BCUT2D eigenvalue weighted by Crippen LogP contribution is 2.29. The second-order valence-electron chi connectivity index (χ2n) is 13.1. The Morgan fingerprint density at radius 3 is 1.68 bits per heavy atom. The fourth-order valence-electron chi connectivity index (χ4n) is 5.63. The minimum atomic E-state index is -0.425. The van der Waals surface area contributed by atoms with Gasteiger partial charge in [0.05, 0.1) is 66.9 Å². The number of hydrogen-bond acceptors (Lipinski definition) is 16. The number of rotatable bonds is 21. The first-order chi connectivity index (χ1) is 31.1. The second kappa shape index (κ2) is 31.1. The van der Waals surface area contributed by atoms with Crippen molar-refractivity contribution in [1.29, 1.82) is 0 Å². The number of ether oxygens (including phenoxy) is 5. The van der Waals surface area contributed by atoms with E-state index < -0.39 is 11.9 Å². The number of anilines is 2. The molecule has 0 unspecified atom stereocenters. The summed E-state index contributed by atoms with van der Waals surface area (Å²) in [5, 5.41) is 12.5. The van der Waals surface area contributed by atoms with Gasteiger partial charge in [-0.3, -0.25) is 10.3 Å². The number of carbonyl (C=O) groups excluding carboxylic acids is 2. The third-order valence-electron chi connectivity index (χ3n) is 8.68. The molecule has 0 radical (unpaired) electrons. The lowest BCUT2D eigenvalue weighted by molar-refractivity contribution is 0.0516. The molecule has 0 fully saturated rings.